The first-order valence-electron chi connectivity index (χ1n) is 6.34. The highest BCUT2D eigenvalue weighted by Crippen LogP contribution is 2.35. The highest BCUT2D eigenvalue weighted by Gasteiger charge is 2.17. The van der Waals surface area contributed by atoms with Gasteiger partial charge in [-0.05, 0) is 11.6 Å². The van der Waals surface area contributed by atoms with Crippen molar-refractivity contribution in [1.29, 1.82) is 0 Å². The summed E-state index contributed by atoms with van der Waals surface area (Å²) < 4.78 is 11.1. The SMILES string of the molecule is Clc1cc2c(cc1CN1CCNCC1)OCCO2. The standard InChI is InChI=1S/C13H17ClN2O2/c14-11-8-13-12(17-5-6-18-13)7-10(11)9-16-3-1-15-2-4-16/h7-8,15H,1-6,9H2. The molecule has 0 atom stereocenters. The van der Waals surface area contributed by atoms with Crippen molar-refractivity contribution in [2.45, 2.75) is 6.54 Å². The van der Waals surface area contributed by atoms with Gasteiger partial charge in [0.25, 0.3) is 0 Å². The molecule has 98 valence electrons. The first-order chi connectivity index (χ1) is 8.83. The number of nitrogens with one attached hydrogen (secondary N) is 1. The van der Waals surface area contributed by atoms with Crippen molar-refractivity contribution in [2.24, 2.45) is 0 Å². The molecular formula is C13H17ClN2O2. The molecule has 1 aromatic rings. The third kappa shape index (κ3) is 2.55. The third-order valence-electron chi connectivity index (χ3n) is 3.31. The zero-order chi connectivity index (χ0) is 12.4. The molecule has 0 aliphatic carbocycles. The van der Waals surface area contributed by atoms with Gasteiger partial charge in [0.1, 0.15) is 13.2 Å². The van der Waals surface area contributed by atoms with Crippen molar-refractivity contribution in [2.75, 3.05) is 39.4 Å². The van der Waals surface area contributed by atoms with Gasteiger partial charge in [-0.25, -0.2) is 0 Å². The Hall–Kier alpha value is -0.970. The van der Waals surface area contributed by atoms with Gasteiger partial charge in [-0.1, -0.05) is 11.6 Å². The minimum Gasteiger partial charge on any atom is -0.486 e. The Bertz CT molecular complexity index is 433. The summed E-state index contributed by atoms with van der Waals surface area (Å²) in [5.74, 6) is 1.58. The molecule has 0 saturated carbocycles. The molecule has 0 radical (unpaired) electrons. The van der Waals surface area contributed by atoms with Crippen LogP contribution in [0.5, 0.6) is 11.5 Å². The highest BCUT2D eigenvalue weighted by molar-refractivity contribution is 6.31. The highest BCUT2D eigenvalue weighted by atomic mass is 35.5. The lowest BCUT2D eigenvalue weighted by molar-refractivity contribution is 0.171. The van der Waals surface area contributed by atoms with E-state index in [1.54, 1.807) is 0 Å². The van der Waals surface area contributed by atoms with E-state index in [4.69, 9.17) is 21.1 Å². The Morgan fingerprint density at radius 3 is 2.50 bits per heavy atom. The summed E-state index contributed by atoms with van der Waals surface area (Å²) in [5.41, 5.74) is 1.11. The van der Waals surface area contributed by atoms with E-state index in [0.29, 0.717) is 13.2 Å². The lowest BCUT2D eigenvalue weighted by Gasteiger charge is -2.28. The Balaban J connectivity index is 1.78. The second kappa shape index (κ2) is 5.34. The average Bonchev–Trinajstić information content (AvgIpc) is 2.41. The third-order valence-corrected chi connectivity index (χ3v) is 3.67. The van der Waals surface area contributed by atoms with Crippen LogP contribution in [-0.2, 0) is 6.54 Å². The lowest BCUT2D eigenvalue weighted by Crippen LogP contribution is -2.42. The molecule has 1 saturated heterocycles. The van der Waals surface area contributed by atoms with Gasteiger partial charge in [0.2, 0.25) is 0 Å². The fourth-order valence-corrected chi connectivity index (χ4v) is 2.55. The van der Waals surface area contributed by atoms with Gasteiger partial charge in [-0.15, -0.1) is 0 Å². The van der Waals surface area contributed by atoms with Crippen LogP contribution in [0.4, 0.5) is 0 Å². The summed E-state index contributed by atoms with van der Waals surface area (Å²) in [4.78, 5) is 2.40. The van der Waals surface area contributed by atoms with Gasteiger partial charge in [-0.3, -0.25) is 4.90 Å². The van der Waals surface area contributed by atoms with Crippen LogP contribution in [0.2, 0.25) is 5.02 Å². The van der Waals surface area contributed by atoms with Crippen LogP contribution in [0.3, 0.4) is 0 Å². The number of benzene rings is 1. The van der Waals surface area contributed by atoms with Crippen molar-refractivity contribution in [3.8, 4) is 11.5 Å². The number of piperazine rings is 1. The van der Waals surface area contributed by atoms with Gasteiger partial charge in [-0.2, -0.15) is 0 Å². The number of fused-ring (bicyclic) bond motifs is 1. The molecule has 5 heteroatoms. The van der Waals surface area contributed by atoms with Gasteiger partial charge in [0, 0.05) is 43.8 Å². The molecule has 2 aliphatic rings. The zero-order valence-corrected chi connectivity index (χ0v) is 11.0. The van der Waals surface area contributed by atoms with E-state index in [2.05, 4.69) is 10.2 Å². The molecule has 2 heterocycles. The van der Waals surface area contributed by atoms with E-state index in [1.165, 1.54) is 0 Å². The molecular weight excluding hydrogens is 252 g/mol. The second-order valence-electron chi connectivity index (χ2n) is 4.61. The van der Waals surface area contributed by atoms with E-state index in [-0.39, 0.29) is 0 Å². The number of nitrogens with zero attached hydrogens (tertiary/aromatic N) is 1. The molecule has 0 aromatic heterocycles. The monoisotopic (exact) mass is 268 g/mol. The Morgan fingerprint density at radius 1 is 1.11 bits per heavy atom. The fourth-order valence-electron chi connectivity index (χ4n) is 2.34. The molecule has 0 unspecified atom stereocenters. The first kappa shape index (κ1) is 12.1. The Labute approximate surface area is 112 Å². The minimum absolute atomic E-state index is 0.598. The summed E-state index contributed by atoms with van der Waals surface area (Å²) in [6.07, 6.45) is 0. The average molecular weight is 269 g/mol. The largest absolute Gasteiger partial charge is 0.486 e. The van der Waals surface area contributed by atoms with Crippen molar-refractivity contribution < 1.29 is 9.47 Å². The quantitative estimate of drug-likeness (QED) is 0.882. The number of hydrogen-bond acceptors (Lipinski definition) is 4. The first-order valence-corrected chi connectivity index (χ1v) is 6.72. The van der Waals surface area contributed by atoms with Crippen molar-refractivity contribution in [1.82, 2.24) is 10.2 Å². The van der Waals surface area contributed by atoms with Crippen LogP contribution < -0.4 is 14.8 Å². The maximum Gasteiger partial charge on any atom is 0.162 e. The fraction of sp³-hybridized carbons (Fsp3) is 0.538. The molecule has 18 heavy (non-hydrogen) atoms. The van der Waals surface area contributed by atoms with E-state index < -0.39 is 0 Å². The number of halogens is 1. The molecule has 1 fully saturated rings. The summed E-state index contributed by atoms with van der Waals surface area (Å²) in [6, 6.07) is 3.88. The van der Waals surface area contributed by atoms with E-state index in [9.17, 15) is 0 Å². The maximum atomic E-state index is 6.30. The van der Waals surface area contributed by atoms with Crippen LogP contribution in [0, 0.1) is 0 Å². The number of ether oxygens (including phenoxy) is 2. The smallest absolute Gasteiger partial charge is 0.162 e. The molecule has 3 rings (SSSR count). The van der Waals surface area contributed by atoms with Gasteiger partial charge >= 0.3 is 0 Å². The lowest BCUT2D eigenvalue weighted by atomic mass is 10.1. The molecule has 0 amide bonds. The summed E-state index contributed by atoms with van der Waals surface area (Å²) in [5, 5.41) is 4.11. The Morgan fingerprint density at radius 2 is 1.78 bits per heavy atom. The van der Waals surface area contributed by atoms with Crippen molar-refractivity contribution >= 4 is 11.6 Å². The van der Waals surface area contributed by atoms with Crippen molar-refractivity contribution in [3.05, 3.63) is 22.7 Å². The normalized spacial score (nSPS) is 19.8. The van der Waals surface area contributed by atoms with E-state index in [1.807, 2.05) is 12.1 Å². The van der Waals surface area contributed by atoms with E-state index in [0.717, 1.165) is 54.8 Å². The molecule has 1 aromatic carbocycles. The topological polar surface area (TPSA) is 33.7 Å². The van der Waals surface area contributed by atoms with Gasteiger partial charge in [0.05, 0.1) is 0 Å². The minimum atomic E-state index is 0.598. The van der Waals surface area contributed by atoms with Crippen LogP contribution in [0.15, 0.2) is 12.1 Å². The maximum absolute atomic E-state index is 6.30. The summed E-state index contributed by atoms with van der Waals surface area (Å²) in [6.45, 7) is 6.29. The van der Waals surface area contributed by atoms with Crippen molar-refractivity contribution in [3.63, 3.8) is 0 Å². The molecule has 4 nitrogen and oxygen atoms in total. The summed E-state index contributed by atoms with van der Waals surface area (Å²) in [7, 11) is 0. The van der Waals surface area contributed by atoms with Crippen LogP contribution in [0.25, 0.3) is 0 Å². The number of rotatable bonds is 2. The van der Waals surface area contributed by atoms with Gasteiger partial charge in [0.15, 0.2) is 11.5 Å². The van der Waals surface area contributed by atoms with Crippen LogP contribution in [-0.4, -0.2) is 44.3 Å². The van der Waals surface area contributed by atoms with Crippen LogP contribution in [0.1, 0.15) is 5.56 Å². The molecule has 0 bridgehead atoms. The van der Waals surface area contributed by atoms with Crippen LogP contribution >= 0.6 is 11.6 Å². The predicted molar refractivity (Wildman–Crippen MR) is 70.6 cm³/mol. The molecule has 0 spiro atoms. The summed E-state index contributed by atoms with van der Waals surface area (Å²) >= 11 is 6.30. The second-order valence-corrected chi connectivity index (χ2v) is 5.02. The molecule has 2 aliphatic heterocycles. The van der Waals surface area contributed by atoms with Gasteiger partial charge < -0.3 is 14.8 Å². The molecule has 1 N–H and O–H groups in total. The van der Waals surface area contributed by atoms with E-state index >= 15 is 0 Å². The Kier molecular flexibility index (Phi) is 3.59. The predicted octanol–water partition coefficient (Wildman–Crippen LogP) is 1.52. The number of hydrogen-bond donors (Lipinski definition) is 1. The zero-order valence-electron chi connectivity index (χ0n) is 10.2.